The lowest BCUT2D eigenvalue weighted by atomic mass is 10.1. The van der Waals surface area contributed by atoms with E-state index >= 15 is 0 Å². The maximum atomic E-state index is 14.9. The van der Waals surface area contributed by atoms with E-state index in [0.717, 1.165) is 37.0 Å². The fourth-order valence-electron chi connectivity index (χ4n) is 4.88. The van der Waals surface area contributed by atoms with Crippen LogP contribution in [-0.4, -0.2) is 58.3 Å². The first kappa shape index (κ1) is 29.4. The minimum absolute atomic E-state index is 0.107. The molecule has 1 amide bonds. The number of likely N-dealkylation sites (N-methyl/N-ethyl adjacent to an activating group) is 1. The maximum Gasteiger partial charge on any atom is 0.284 e. The first-order valence-corrected chi connectivity index (χ1v) is 13.9. The molecule has 1 atom stereocenters. The molecule has 1 saturated heterocycles. The molecule has 1 fully saturated rings. The van der Waals surface area contributed by atoms with E-state index in [0.29, 0.717) is 51.8 Å². The fraction of sp³-hybridized carbons (Fsp3) is 0.258. The van der Waals surface area contributed by atoms with Gasteiger partial charge in [0.05, 0.1) is 17.8 Å². The second-order valence-electron chi connectivity index (χ2n) is 10.1. The molecule has 0 bridgehead atoms. The van der Waals surface area contributed by atoms with Crippen LogP contribution in [-0.2, 0) is 4.79 Å². The molecular formula is C31H33FN8O3. The van der Waals surface area contributed by atoms with Gasteiger partial charge in [-0.2, -0.15) is 0 Å². The summed E-state index contributed by atoms with van der Waals surface area (Å²) >= 11 is 0. The Bertz CT molecular complexity index is 1750. The highest BCUT2D eigenvalue weighted by atomic mass is 19.1. The van der Waals surface area contributed by atoms with Crippen molar-refractivity contribution in [2.24, 2.45) is 4.99 Å². The molecule has 1 aliphatic heterocycles. The van der Waals surface area contributed by atoms with E-state index in [9.17, 15) is 9.18 Å². The smallest absolute Gasteiger partial charge is 0.284 e. The normalized spacial score (nSPS) is 15.9. The van der Waals surface area contributed by atoms with Crippen LogP contribution in [0.5, 0.6) is 17.2 Å². The first-order valence-electron chi connectivity index (χ1n) is 13.9. The van der Waals surface area contributed by atoms with Crippen molar-refractivity contribution in [1.82, 2.24) is 19.9 Å². The van der Waals surface area contributed by atoms with E-state index in [1.54, 1.807) is 30.5 Å². The third kappa shape index (κ3) is 7.04. The molecule has 11 nitrogen and oxygen atoms in total. The first-order chi connectivity index (χ1) is 20.8. The molecule has 4 N–H and O–H groups in total. The minimum Gasteiger partial charge on any atom is -0.492 e. The van der Waals surface area contributed by atoms with Crippen molar-refractivity contribution in [3.8, 4) is 17.2 Å². The number of pyridine rings is 1. The Morgan fingerprint density at radius 2 is 2.09 bits per heavy atom. The lowest BCUT2D eigenvalue weighted by Crippen LogP contribution is -2.24. The highest BCUT2D eigenvalue weighted by molar-refractivity contribution is 6.05. The van der Waals surface area contributed by atoms with Crippen molar-refractivity contribution >= 4 is 40.3 Å². The van der Waals surface area contributed by atoms with Crippen LogP contribution in [0.4, 0.5) is 21.6 Å². The Hall–Kier alpha value is -5.10. The number of fused-ring (bicyclic) bond motifs is 1. The van der Waals surface area contributed by atoms with Crippen molar-refractivity contribution in [1.29, 1.82) is 5.41 Å². The Morgan fingerprint density at radius 1 is 1.23 bits per heavy atom. The SMILES string of the molecule is CCOc1cc2ncnc(Nc3ccc(Oc4cc[nH]/c(=N\C=N)c4)c(C)c3)c2cc1NC(=O)/C(F)=C\C1CCCN1C. The summed E-state index contributed by atoms with van der Waals surface area (Å²) in [5.74, 6) is 0.424. The molecule has 2 aromatic carbocycles. The standard InChI is InChI=1S/C31H33FN8O3/c1-4-42-28-16-25-23(15-26(28)39-31(41)24(32)13-21-6-5-11-40(21)3)30(37-18-36-25)38-20-7-8-27(19(2)12-20)43-22-9-10-34-29(14-22)35-17-33/h7-10,12-18,21H,4-6,11H2,1-3H3,(H,39,41)(H2,33,34,35)(H,36,37,38)/b24-13+. The highest BCUT2D eigenvalue weighted by Gasteiger charge is 2.22. The predicted molar refractivity (Wildman–Crippen MR) is 164 cm³/mol. The van der Waals surface area contributed by atoms with Gasteiger partial charge in [0, 0.05) is 35.4 Å². The minimum atomic E-state index is -0.840. The van der Waals surface area contributed by atoms with Crippen LogP contribution in [0.2, 0.25) is 0 Å². The van der Waals surface area contributed by atoms with Gasteiger partial charge in [0.1, 0.15) is 41.2 Å². The van der Waals surface area contributed by atoms with Crippen LogP contribution in [0.3, 0.4) is 0 Å². The van der Waals surface area contributed by atoms with E-state index < -0.39 is 11.7 Å². The zero-order valence-electron chi connectivity index (χ0n) is 24.1. The molecule has 2 aromatic heterocycles. The second-order valence-corrected chi connectivity index (χ2v) is 10.1. The average molecular weight is 585 g/mol. The molecule has 3 heterocycles. The Kier molecular flexibility index (Phi) is 9.06. The van der Waals surface area contributed by atoms with E-state index in [2.05, 4.69) is 30.6 Å². The largest absolute Gasteiger partial charge is 0.492 e. The summed E-state index contributed by atoms with van der Waals surface area (Å²) in [5.41, 5.74) is 3.02. The van der Waals surface area contributed by atoms with Crippen molar-refractivity contribution in [3.05, 3.63) is 77.9 Å². The molecule has 5 rings (SSSR count). The number of rotatable bonds is 10. The van der Waals surface area contributed by atoms with Gasteiger partial charge in [-0.1, -0.05) is 0 Å². The number of benzene rings is 2. The van der Waals surface area contributed by atoms with Crippen molar-refractivity contribution < 1.29 is 18.7 Å². The quantitative estimate of drug-likeness (QED) is 0.108. The highest BCUT2D eigenvalue weighted by Crippen LogP contribution is 2.35. The van der Waals surface area contributed by atoms with Gasteiger partial charge in [0.15, 0.2) is 5.83 Å². The van der Waals surface area contributed by atoms with Gasteiger partial charge in [-0.25, -0.2) is 19.4 Å². The summed E-state index contributed by atoms with van der Waals surface area (Å²) in [5, 5.41) is 13.8. The molecule has 1 unspecified atom stereocenters. The lowest BCUT2D eigenvalue weighted by molar-refractivity contribution is -0.114. The maximum absolute atomic E-state index is 14.9. The van der Waals surface area contributed by atoms with Gasteiger partial charge in [0.25, 0.3) is 5.91 Å². The number of nitrogens with one attached hydrogen (secondary N) is 4. The van der Waals surface area contributed by atoms with E-state index in [1.807, 2.05) is 44.0 Å². The molecule has 0 aliphatic carbocycles. The number of hydrogen-bond acceptors (Lipinski definition) is 8. The van der Waals surface area contributed by atoms with Crippen LogP contribution >= 0.6 is 0 Å². The number of halogens is 1. The van der Waals surface area contributed by atoms with Crippen molar-refractivity contribution in [3.63, 3.8) is 0 Å². The van der Waals surface area contributed by atoms with Gasteiger partial charge in [-0.15, -0.1) is 0 Å². The Labute approximate surface area is 248 Å². The van der Waals surface area contributed by atoms with Gasteiger partial charge in [0.2, 0.25) is 0 Å². The molecule has 43 heavy (non-hydrogen) atoms. The lowest BCUT2D eigenvalue weighted by Gasteiger charge is -2.16. The van der Waals surface area contributed by atoms with Crippen molar-refractivity contribution in [2.75, 3.05) is 30.8 Å². The van der Waals surface area contributed by atoms with Crippen molar-refractivity contribution in [2.45, 2.75) is 32.7 Å². The Morgan fingerprint density at radius 3 is 2.84 bits per heavy atom. The molecular weight excluding hydrogens is 551 g/mol. The molecule has 222 valence electrons. The number of amides is 1. The number of carbonyl (C=O) groups excluding carboxylic acids is 1. The Balaban J connectivity index is 1.40. The summed E-state index contributed by atoms with van der Waals surface area (Å²) in [6.45, 7) is 4.97. The van der Waals surface area contributed by atoms with Gasteiger partial charge < -0.3 is 25.1 Å². The monoisotopic (exact) mass is 584 g/mol. The summed E-state index contributed by atoms with van der Waals surface area (Å²) in [4.78, 5) is 30.5. The zero-order valence-corrected chi connectivity index (χ0v) is 24.1. The van der Waals surface area contributed by atoms with E-state index in [-0.39, 0.29) is 6.04 Å². The molecule has 0 saturated carbocycles. The number of carbonyl (C=O) groups is 1. The van der Waals surface area contributed by atoms with Crippen LogP contribution in [0.1, 0.15) is 25.3 Å². The van der Waals surface area contributed by atoms with Crippen LogP contribution in [0.25, 0.3) is 10.9 Å². The number of anilines is 3. The molecule has 0 radical (unpaired) electrons. The number of hydrogen-bond donors (Lipinski definition) is 4. The number of ether oxygens (including phenoxy) is 2. The molecule has 0 spiro atoms. The molecule has 4 aromatic rings. The second kappa shape index (κ2) is 13.3. The number of H-pyrrole nitrogens is 1. The number of likely N-dealkylation sites (tertiary alicyclic amines) is 1. The van der Waals surface area contributed by atoms with Crippen LogP contribution < -0.4 is 25.6 Å². The number of aryl methyl sites for hydroxylation is 1. The average Bonchev–Trinajstić information content (AvgIpc) is 3.39. The van der Waals surface area contributed by atoms with E-state index in [1.165, 1.54) is 12.4 Å². The molecule has 1 aliphatic rings. The molecule has 12 heteroatoms. The summed E-state index contributed by atoms with van der Waals surface area (Å²) in [6, 6.07) is 12.3. The fourth-order valence-corrected chi connectivity index (χ4v) is 4.88. The predicted octanol–water partition coefficient (Wildman–Crippen LogP) is 5.59. The third-order valence-electron chi connectivity index (χ3n) is 7.04. The zero-order chi connectivity index (χ0) is 30.3. The number of aromatic amines is 1. The number of nitrogens with zero attached hydrogens (tertiary/aromatic N) is 4. The van der Waals surface area contributed by atoms with Gasteiger partial charge in [-0.3, -0.25) is 15.1 Å². The van der Waals surface area contributed by atoms with Crippen LogP contribution in [0.15, 0.2) is 71.9 Å². The third-order valence-corrected chi connectivity index (χ3v) is 7.04. The van der Waals surface area contributed by atoms with E-state index in [4.69, 9.17) is 14.9 Å². The van der Waals surface area contributed by atoms with Gasteiger partial charge in [-0.05, 0) is 82.3 Å². The summed E-state index contributed by atoms with van der Waals surface area (Å²) in [6.07, 6.45) is 7.23. The number of aromatic nitrogens is 3. The summed E-state index contributed by atoms with van der Waals surface area (Å²) < 4.78 is 26.7. The van der Waals surface area contributed by atoms with Gasteiger partial charge >= 0.3 is 0 Å². The summed E-state index contributed by atoms with van der Waals surface area (Å²) in [7, 11) is 1.92. The van der Waals surface area contributed by atoms with Crippen LogP contribution in [0, 0.1) is 12.3 Å². The topological polar surface area (TPSA) is 141 Å².